The van der Waals surface area contributed by atoms with E-state index in [4.69, 9.17) is 4.74 Å². The molecule has 0 bridgehead atoms. The summed E-state index contributed by atoms with van der Waals surface area (Å²) in [5.74, 6) is 1.02. The van der Waals surface area contributed by atoms with Gasteiger partial charge < -0.3 is 15.2 Å². The minimum Gasteiger partial charge on any atom is -0.484 e. The van der Waals surface area contributed by atoms with Gasteiger partial charge in [0.05, 0.1) is 6.10 Å². The lowest BCUT2D eigenvalue weighted by Gasteiger charge is -2.10. The number of aryl methyl sites for hydroxylation is 1. The van der Waals surface area contributed by atoms with Gasteiger partial charge in [-0.25, -0.2) is 0 Å². The van der Waals surface area contributed by atoms with Crippen molar-refractivity contribution in [2.45, 2.75) is 32.8 Å². The zero-order valence-electron chi connectivity index (χ0n) is 11.5. The summed E-state index contributed by atoms with van der Waals surface area (Å²) in [6.07, 6.45) is 1.29. The Morgan fingerprint density at radius 1 is 1.53 bits per heavy atom. The van der Waals surface area contributed by atoms with Gasteiger partial charge in [-0.1, -0.05) is 19.9 Å². The third-order valence-corrected chi connectivity index (χ3v) is 3.24. The smallest absolute Gasteiger partial charge is 0.257 e. The van der Waals surface area contributed by atoms with Gasteiger partial charge in [0.1, 0.15) is 5.75 Å². The average Bonchev–Trinajstić information content (AvgIpc) is 2.75. The summed E-state index contributed by atoms with van der Waals surface area (Å²) in [4.78, 5) is 11.5. The van der Waals surface area contributed by atoms with E-state index in [0.717, 1.165) is 24.0 Å². The van der Waals surface area contributed by atoms with E-state index in [1.807, 2.05) is 32.0 Å². The van der Waals surface area contributed by atoms with Crippen LogP contribution < -0.4 is 10.1 Å². The quantitative estimate of drug-likeness (QED) is 0.852. The number of carbonyl (C=O) groups excluding carboxylic acids is 1. The summed E-state index contributed by atoms with van der Waals surface area (Å²) in [6.45, 7) is 4.80. The van der Waals surface area contributed by atoms with E-state index in [9.17, 15) is 9.90 Å². The zero-order valence-corrected chi connectivity index (χ0v) is 11.5. The van der Waals surface area contributed by atoms with Gasteiger partial charge in [0.15, 0.2) is 6.61 Å². The highest BCUT2D eigenvalue weighted by Crippen LogP contribution is 2.33. The van der Waals surface area contributed by atoms with E-state index in [1.54, 1.807) is 0 Å². The van der Waals surface area contributed by atoms with Crippen LogP contribution in [0.3, 0.4) is 0 Å². The minimum absolute atomic E-state index is 0.0358. The molecule has 0 aliphatic heterocycles. The first-order valence-corrected chi connectivity index (χ1v) is 6.76. The molecule has 0 aromatic heterocycles. The second-order valence-electron chi connectivity index (χ2n) is 5.40. The summed E-state index contributed by atoms with van der Waals surface area (Å²) in [5.41, 5.74) is 2.10. The van der Waals surface area contributed by atoms with Crippen LogP contribution in [0, 0.1) is 5.92 Å². The van der Waals surface area contributed by atoms with Crippen LogP contribution in [0.2, 0.25) is 0 Å². The van der Waals surface area contributed by atoms with Gasteiger partial charge in [0, 0.05) is 6.54 Å². The second-order valence-corrected chi connectivity index (χ2v) is 5.40. The largest absolute Gasteiger partial charge is 0.484 e. The SMILES string of the molecule is CC(C)CNC(=O)COc1ccc2c(c1)CC[C@@H]2O. The fourth-order valence-electron chi connectivity index (χ4n) is 2.18. The number of nitrogens with one attached hydrogen (secondary N) is 1. The van der Waals surface area contributed by atoms with Gasteiger partial charge in [-0.3, -0.25) is 4.79 Å². The molecule has 0 saturated heterocycles. The van der Waals surface area contributed by atoms with Crippen molar-refractivity contribution in [3.63, 3.8) is 0 Å². The molecular weight excluding hydrogens is 242 g/mol. The third-order valence-electron chi connectivity index (χ3n) is 3.24. The lowest BCUT2D eigenvalue weighted by Crippen LogP contribution is -2.31. The highest BCUT2D eigenvalue weighted by atomic mass is 16.5. The van der Waals surface area contributed by atoms with Crippen LogP contribution in [0.25, 0.3) is 0 Å². The number of ether oxygens (including phenoxy) is 1. The van der Waals surface area contributed by atoms with Gasteiger partial charge >= 0.3 is 0 Å². The third kappa shape index (κ3) is 3.70. The molecule has 1 aliphatic rings. The fourth-order valence-corrected chi connectivity index (χ4v) is 2.18. The van der Waals surface area contributed by atoms with E-state index in [2.05, 4.69) is 5.32 Å². The number of benzene rings is 1. The molecule has 4 nitrogen and oxygen atoms in total. The number of hydrogen-bond acceptors (Lipinski definition) is 3. The monoisotopic (exact) mass is 263 g/mol. The average molecular weight is 263 g/mol. The zero-order chi connectivity index (χ0) is 13.8. The van der Waals surface area contributed by atoms with Crippen molar-refractivity contribution in [3.05, 3.63) is 29.3 Å². The Labute approximate surface area is 113 Å². The van der Waals surface area contributed by atoms with Crippen molar-refractivity contribution >= 4 is 5.91 Å². The summed E-state index contributed by atoms with van der Waals surface area (Å²) in [6, 6.07) is 5.61. The normalized spacial score (nSPS) is 17.4. The Hall–Kier alpha value is -1.55. The molecule has 1 amide bonds. The molecule has 1 aromatic rings. The van der Waals surface area contributed by atoms with Gasteiger partial charge in [-0.2, -0.15) is 0 Å². The molecule has 104 valence electrons. The lowest BCUT2D eigenvalue weighted by molar-refractivity contribution is -0.123. The molecule has 4 heteroatoms. The summed E-state index contributed by atoms with van der Waals surface area (Å²) in [5, 5.41) is 12.5. The Kier molecular flexibility index (Phi) is 4.43. The van der Waals surface area contributed by atoms with Gasteiger partial charge in [0.2, 0.25) is 0 Å². The van der Waals surface area contributed by atoms with Crippen LogP contribution in [0.15, 0.2) is 18.2 Å². The number of aliphatic hydroxyl groups is 1. The Balaban J connectivity index is 1.85. The van der Waals surface area contributed by atoms with Crippen LogP contribution in [0.4, 0.5) is 0 Å². The second kappa shape index (κ2) is 6.06. The molecular formula is C15H21NO3. The molecule has 2 N–H and O–H groups in total. The number of aliphatic hydroxyl groups excluding tert-OH is 1. The van der Waals surface area contributed by atoms with Gasteiger partial charge in [0.25, 0.3) is 5.91 Å². The first kappa shape index (κ1) is 13.9. The molecule has 0 spiro atoms. The standard InChI is InChI=1S/C15H21NO3/c1-10(2)8-16-15(18)9-19-12-4-5-13-11(7-12)3-6-14(13)17/h4-5,7,10,14,17H,3,6,8-9H2,1-2H3,(H,16,18)/t14-/m0/s1. The molecule has 19 heavy (non-hydrogen) atoms. The fraction of sp³-hybridized carbons (Fsp3) is 0.533. The molecule has 0 unspecified atom stereocenters. The maximum atomic E-state index is 11.5. The molecule has 2 rings (SSSR count). The van der Waals surface area contributed by atoms with Crippen molar-refractivity contribution in [2.24, 2.45) is 5.92 Å². The molecule has 1 atom stereocenters. The first-order chi connectivity index (χ1) is 9.06. The van der Waals surface area contributed by atoms with Crippen LogP contribution in [0.5, 0.6) is 5.75 Å². The van der Waals surface area contributed by atoms with E-state index in [0.29, 0.717) is 18.2 Å². The van der Waals surface area contributed by atoms with E-state index in [-0.39, 0.29) is 18.6 Å². The summed E-state index contributed by atoms with van der Waals surface area (Å²) >= 11 is 0. The van der Waals surface area contributed by atoms with Gasteiger partial charge in [-0.05, 0) is 42.0 Å². The Morgan fingerprint density at radius 2 is 2.32 bits per heavy atom. The van der Waals surface area contributed by atoms with Gasteiger partial charge in [-0.15, -0.1) is 0 Å². The highest BCUT2D eigenvalue weighted by molar-refractivity contribution is 5.77. The summed E-state index contributed by atoms with van der Waals surface area (Å²) < 4.78 is 5.47. The van der Waals surface area contributed by atoms with Crippen LogP contribution in [-0.4, -0.2) is 24.2 Å². The molecule has 1 aliphatic carbocycles. The molecule has 0 radical (unpaired) electrons. The van der Waals surface area contributed by atoms with E-state index >= 15 is 0 Å². The number of amides is 1. The molecule has 0 saturated carbocycles. The predicted molar refractivity (Wildman–Crippen MR) is 73.1 cm³/mol. The first-order valence-electron chi connectivity index (χ1n) is 6.76. The van der Waals surface area contributed by atoms with Crippen molar-refractivity contribution in [1.82, 2.24) is 5.32 Å². The van der Waals surface area contributed by atoms with Crippen LogP contribution in [-0.2, 0) is 11.2 Å². The molecule has 0 fully saturated rings. The Morgan fingerprint density at radius 3 is 3.05 bits per heavy atom. The van der Waals surface area contributed by atoms with E-state index in [1.165, 1.54) is 0 Å². The maximum Gasteiger partial charge on any atom is 0.257 e. The Bertz CT molecular complexity index is 457. The van der Waals surface area contributed by atoms with E-state index < -0.39 is 0 Å². The van der Waals surface area contributed by atoms with Crippen molar-refractivity contribution in [1.29, 1.82) is 0 Å². The number of hydrogen-bond donors (Lipinski definition) is 2. The van der Waals surface area contributed by atoms with Crippen molar-refractivity contribution < 1.29 is 14.6 Å². The maximum absolute atomic E-state index is 11.5. The van der Waals surface area contributed by atoms with Crippen molar-refractivity contribution in [2.75, 3.05) is 13.2 Å². The van der Waals surface area contributed by atoms with Crippen molar-refractivity contribution in [3.8, 4) is 5.75 Å². The topological polar surface area (TPSA) is 58.6 Å². The molecule has 1 aromatic carbocycles. The van der Waals surface area contributed by atoms with Crippen LogP contribution >= 0.6 is 0 Å². The highest BCUT2D eigenvalue weighted by Gasteiger charge is 2.20. The predicted octanol–water partition coefficient (Wildman–Crippen LogP) is 1.82. The lowest BCUT2D eigenvalue weighted by atomic mass is 10.1. The summed E-state index contributed by atoms with van der Waals surface area (Å²) in [7, 11) is 0. The molecule has 0 heterocycles. The number of rotatable bonds is 5. The minimum atomic E-state index is -0.349. The number of fused-ring (bicyclic) bond motifs is 1. The van der Waals surface area contributed by atoms with Crippen LogP contribution in [0.1, 0.15) is 37.5 Å². The number of carbonyl (C=O) groups is 1.